The number of unbranched alkanes of at least 4 members (excludes halogenated alkanes) is 19. The van der Waals surface area contributed by atoms with Crippen molar-refractivity contribution >= 4 is 0 Å². The lowest BCUT2D eigenvalue weighted by Crippen LogP contribution is -2.50. The molecule has 0 aromatic rings. The number of aliphatic hydroxyl groups is 3. The first-order valence-electron chi connectivity index (χ1n) is 14.9. The van der Waals surface area contributed by atoms with E-state index in [1.165, 1.54) is 116 Å². The van der Waals surface area contributed by atoms with E-state index in [1.807, 2.05) is 0 Å². The Labute approximate surface area is 216 Å². The van der Waals surface area contributed by atoms with E-state index in [2.05, 4.69) is 6.92 Å². The lowest BCUT2D eigenvalue weighted by Gasteiger charge is -2.29. The van der Waals surface area contributed by atoms with Crippen molar-refractivity contribution in [1.29, 1.82) is 0 Å². The second kappa shape index (κ2) is 28.3. The van der Waals surface area contributed by atoms with Crippen LogP contribution in [0.5, 0.6) is 0 Å². The van der Waals surface area contributed by atoms with Gasteiger partial charge in [-0.3, -0.25) is 0 Å². The Kier molecular flexibility index (Phi) is 28.1. The largest absolute Gasteiger partial charge is 0.394 e. The number of hydroxylamine groups is 3. The van der Waals surface area contributed by atoms with E-state index in [1.54, 1.807) is 0 Å². The number of hydrogen-bond donors (Lipinski definition) is 3. The first-order chi connectivity index (χ1) is 17.2. The molecule has 212 valence electrons. The van der Waals surface area contributed by atoms with E-state index >= 15 is 0 Å². The smallest absolute Gasteiger partial charge is 0.178 e. The van der Waals surface area contributed by atoms with Gasteiger partial charge in [0, 0.05) is 6.42 Å². The van der Waals surface area contributed by atoms with Crippen molar-refractivity contribution in [2.45, 2.75) is 135 Å². The predicted molar refractivity (Wildman–Crippen MR) is 142 cm³/mol. The Morgan fingerprint density at radius 1 is 0.400 bits per heavy atom. The van der Waals surface area contributed by atoms with Gasteiger partial charge in [-0.25, -0.2) is 0 Å². The summed E-state index contributed by atoms with van der Waals surface area (Å²) in [6.45, 7) is 2.49. The highest BCUT2D eigenvalue weighted by Gasteiger charge is 2.34. The predicted octanol–water partition coefficient (Wildman–Crippen LogP) is 6.40. The molecule has 0 aliphatic heterocycles. The van der Waals surface area contributed by atoms with Crippen LogP contribution in [0, 0.1) is 0 Å². The zero-order valence-electron chi connectivity index (χ0n) is 23.1. The van der Waals surface area contributed by atoms with E-state index in [-0.39, 0.29) is 39.6 Å². The highest BCUT2D eigenvalue weighted by atomic mass is 17.2. The van der Waals surface area contributed by atoms with Crippen molar-refractivity contribution in [3.05, 3.63) is 0 Å². The fourth-order valence-electron chi connectivity index (χ4n) is 4.41. The number of hydrogen-bond acceptors (Lipinski definition) is 6. The second-order valence-electron chi connectivity index (χ2n) is 9.72. The van der Waals surface area contributed by atoms with Crippen LogP contribution in [0.4, 0.5) is 0 Å². The molecule has 0 unspecified atom stereocenters. The molecule has 7 heteroatoms. The van der Waals surface area contributed by atoms with Crippen LogP contribution in [0.25, 0.3) is 0 Å². The Morgan fingerprint density at radius 3 is 0.914 bits per heavy atom. The van der Waals surface area contributed by atoms with Gasteiger partial charge in [-0.1, -0.05) is 122 Å². The Hall–Kier alpha value is -0.280. The summed E-state index contributed by atoms with van der Waals surface area (Å²) in [5.41, 5.74) is 0. The lowest BCUT2D eigenvalue weighted by molar-refractivity contribution is -1.37. The minimum absolute atomic E-state index is 0.0655. The Morgan fingerprint density at radius 2 is 0.657 bits per heavy atom. The average Bonchev–Trinajstić information content (AvgIpc) is 2.88. The molecular weight excluding hydrogens is 446 g/mol. The lowest BCUT2D eigenvalue weighted by atomic mass is 10.0. The maximum Gasteiger partial charge on any atom is 0.178 e. The number of nitrogens with zero attached hydrogens (tertiary/aromatic N) is 1. The molecule has 0 aliphatic carbocycles. The van der Waals surface area contributed by atoms with Gasteiger partial charge in [0.25, 0.3) is 0 Å². The van der Waals surface area contributed by atoms with Crippen molar-refractivity contribution in [1.82, 2.24) is 0 Å². The van der Waals surface area contributed by atoms with Crippen molar-refractivity contribution in [2.75, 3.05) is 46.2 Å². The third-order valence-corrected chi connectivity index (χ3v) is 6.42. The second-order valence-corrected chi connectivity index (χ2v) is 9.72. The molecule has 0 spiro atoms. The summed E-state index contributed by atoms with van der Waals surface area (Å²) in [4.78, 5) is 16.1. The summed E-state index contributed by atoms with van der Waals surface area (Å²) in [6.07, 6.45) is 26.7. The summed E-state index contributed by atoms with van der Waals surface area (Å²) in [5, 5.41) is 27.2. The summed E-state index contributed by atoms with van der Waals surface area (Å²) in [7, 11) is 0. The first kappa shape index (κ1) is 34.7. The molecule has 0 atom stereocenters. The minimum atomic E-state index is -0.541. The van der Waals surface area contributed by atoms with E-state index in [9.17, 15) is 0 Å². The van der Waals surface area contributed by atoms with Crippen LogP contribution < -0.4 is 0 Å². The zero-order valence-corrected chi connectivity index (χ0v) is 23.1. The monoisotopic (exact) mass is 506 g/mol. The highest BCUT2D eigenvalue weighted by Crippen LogP contribution is 2.17. The van der Waals surface area contributed by atoms with Crippen molar-refractivity contribution < 1.29 is 34.8 Å². The first-order valence-corrected chi connectivity index (χ1v) is 14.9. The van der Waals surface area contributed by atoms with Gasteiger partial charge in [-0.15, -0.1) is 14.5 Å². The van der Waals surface area contributed by atoms with E-state index < -0.39 is 4.97 Å². The molecule has 3 N–H and O–H groups in total. The molecule has 0 saturated carbocycles. The molecule has 0 heterocycles. The van der Waals surface area contributed by atoms with Gasteiger partial charge in [0.2, 0.25) is 0 Å². The summed E-state index contributed by atoms with van der Waals surface area (Å²) in [5.74, 6) is 0. The molecule has 0 aromatic carbocycles. The molecule has 0 bridgehead atoms. The van der Waals surface area contributed by atoms with Crippen molar-refractivity contribution in [2.24, 2.45) is 0 Å². The third-order valence-electron chi connectivity index (χ3n) is 6.42. The van der Waals surface area contributed by atoms with Gasteiger partial charge in [0.05, 0.1) is 24.8 Å². The molecular formula is C28H60NO6+. The normalized spacial score (nSPS) is 12.0. The highest BCUT2D eigenvalue weighted by molar-refractivity contribution is 4.50. The number of aliphatic hydroxyl groups excluding tert-OH is 3. The molecule has 0 fully saturated rings. The summed E-state index contributed by atoms with van der Waals surface area (Å²) < 4.78 is 0. The molecule has 0 rings (SSSR count). The number of rotatable bonds is 30. The van der Waals surface area contributed by atoms with Gasteiger partial charge in [-0.2, -0.15) is 0 Å². The molecule has 0 saturated heterocycles. The van der Waals surface area contributed by atoms with E-state index in [4.69, 9.17) is 29.8 Å². The van der Waals surface area contributed by atoms with Crippen LogP contribution in [-0.4, -0.2) is 66.5 Å². The molecule has 0 amide bonds. The fourth-order valence-corrected chi connectivity index (χ4v) is 4.41. The molecule has 35 heavy (non-hydrogen) atoms. The van der Waals surface area contributed by atoms with Gasteiger partial charge >= 0.3 is 0 Å². The minimum Gasteiger partial charge on any atom is -0.394 e. The Balaban J connectivity index is 3.57. The average molecular weight is 507 g/mol. The zero-order chi connectivity index (χ0) is 25.7. The topological polar surface area (TPSA) is 88.4 Å². The quantitative estimate of drug-likeness (QED) is 0.0594. The van der Waals surface area contributed by atoms with Gasteiger partial charge in [-0.05, 0) is 6.42 Å². The fraction of sp³-hybridized carbons (Fsp3) is 1.00. The van der Waals surface area contributed by atoms with Crippen LogP contribution in [0.2, 0.25) is 0 Å². The molecule has 0 radical (unpaired) electrons. The van der Waals surface area contributed by atoms with Crippen LogP contribution in [0.1, 0.15) is 135 Å². The van der Waals surface area contributed by atoms with Gasteiger partial charge in [0.15, 0.2) is 6.54 Å². The van der Waals surface area contributed by atoms with Crippen LogP contribution in [0.15, 0.2) is 0 Å². The molecule has 0 aromatic heterocycles. The van der Waals surface area contributed by atoms with Gasteiger partial charge in [0.1, 0.15) is 19.8 Å². The van der Waals surface area contributed by atoms with E-state index in [0.717, 1.165) is 12.8 Å². The van der Waals surface area contributed by atoms with Crippen molar-refractivity contribution in [3.8, 4) is 0 Å². The van der Waals surface area contributed by atoms with Gasteiger partial charge < -0.3 is 15.3 Å². The SMILES string of the molecule is CCCCCCCCCCCCCCCCCCCCCC[N+](OCCO)(OCCO)OCCO. The van der Waals surface area contributed by atoms with Crippen LogP contribution in [0.3, 0.4) is 0 Å². The Bertz CT molecular complexity index is 378. The number of quaternary nitrogens is 1. The van der Waals surface area contributed by atoms with Crippen molar-refractivity contribution in [3.63, 3.8) is 0 Å². The van der Waals surface area contributed by atoms with Crippen LogP contribution in [-0.2, 0) is 14.5 Å². The maximum atomic E-state index is 9.08. The summed E-state index contributed by atoms with van der Waals surface area (Å²) in [6, 6.07) is 0. The summed E-state index contributed by atoms with van der Waals surface area (Å²) >= 11 is 0. The molecule has 0 aliphatic rings. The van der Waals surface area contributed by atoms with Crippen LogP contribution >= 0.6 is 0 Å². The third kappa shape index (κ3) is 23.8. The molecule has 7 nitrogen and oxygen atoms in total. The maximum absolute atomic E-state index is 9.08. The standard InChI is InChI=1S/C28H60NO6/c1-2-3-4-5-6-7-8-9-10-11-12-13-14-15-16-17-18-19-20-21-22-29(33-26-23-30,34-27-24-31)35-28-25-32/h30-32H,2-28H2,1H3/q+1. The van der Waals surface area contributed by atoms with E-state index in [0.29, 0.717) is 6.54 Å².